The summed E-state index contributed by atoms with van der Waals surface area (Å²) in [5, 5.41) is 11.6. The second-order valence-corrected chi connectivity index (χ2v) is 13.5. The van der Waals surface area contributed by atoms with E-state index in [0.29, 0.717) is 42.4 Å². The Balaban J connectivity index is 1.28. The molecule has 4 aliphatic carbocycles. The number of alkyl halides is 3. The molecular weight excluding hydrogens is 497 g/mol. The van der Waals surface area contributed by atoms with Gasteiger partial charge in [0.15, 0.2) is 12.8 Å². The van der Waals surface area contributed by atoms with Crippen LogP contribution in [0.5, 0.6) is 0 Å². The standard InChI is InChI=1S/C30H47F3O5/c1-18(8-13-26(35)38-17-27(36)37-16-24(31)30(4,32)33)21-11-12-22-20-10-9-19-7-5-6-14-28(19,2)23(20)15-25(34)29(21,22)3/h18-25,34H,5-17H2,1-4H3/t18-,19+,20+,21-,22+,23+,24?,25+,28+,29-/m1/s1. The summed E-state index contributed by atoms with van der Waals surface area (Å²) in [4.78, 5) is 23.9. The third-order valence-electron chi connectivity index (χ3n) is 11.5. The first kappa shape index (κ1) is 29.7. The smallest absolute Gasteiger partial charge is 0.344 e. The molecule has 0 saturated heterocycles. The third-order valence-corrected chi connectivity index (χ3v) is 11.5. The van der Waals surface area contributed by atoms with Crippen LogP contribution < -0.4 is 0 Å². The number of fused-ring (bicyclic) bond motifs is 5. The Kier molecular flexibility index (Phi) is 8.81. The normalized spacial score (nSPS) is 40.3. The zero-order valence-corrected chi connectivity index (χ0v) is 23.5. The van der Waals surface area contributed by atoms with Crippen LogP contribution in [-0.2, 0) is 19.1 Å². The van der Waals surface area contributed by atoms with Gasteiger partial charge in [-0.2, -0.15) is 0 Å². The fourth-order valence-electron chi connectivity index (χ4n) is 9.33. The van der Waals surface area contributed by atoms with E-state index in [4.69, 9.17) is 4.74 Å². The summed E-state index contributed by atoms with van der Waals surface area (Å²) in [5.41, 5.74) is 0.205. The minimum Gasteiger partial charge on any atom is -0.460 e. The molecule has 0 amide bonds. The number of ether oxygens (including phenoxy) is 2. The Morgan fingerprint density at radius 3 is 2.47 bits per heavy atom. The van der Waals surface area contributed by atoms with Crippen LogP contribution in [-0.4, -0.2) is 48.5 Å². The summed E-state index contributed by atoms with van der Waals surface area (Å²) in [7, 11) is 0. The first-order chi connectivity index (χ1) is 17.8. The van der Waals surface area contributed by atoms with Crippen molar-refractivity contribution in [3.8, 4) is 0 Å². The molecule has 1 N–H and O–H groups in total. The molecule has 0 bridgehead atoms. The average molecular weight is 545 g/mol. The summed E-state index contributed by atoms with van der Waals surface area (Å²) in [6, 6.07) is 0. The molecule has 10 atom stereocenters. The van der Waals surface area contributed by atoms with Crippen molar-refractivity contribution in [1.29, 1.82) is 0 Å². The highest BCUT2D eigenvalue weighted by molar-refractivity contribution is 5.76. The molecule has 4 fully saturated rings. The lowest BCUT2D eigenvalue weighted by Crippen LogP contribution is -2.58. The van der Waals surface area contributed by atoms with Gasteiger partial charge in [0.2, 0.25) is 0 Å². The van der Waals surface area contributed by atoms with E-state index in [1.165, 1.54) is 38.5 Å². The Morgan fingerprint density at radius 1 is 1.03 bits per heavy atom. The van der Waals surface area contributed by atoms with Gasteiger partial charge in [-0.3, -0.25) is 4.79 Å². The van der Waals surface area contributed by atoms with E-state index in [0.717, 1.165) is 25.2 Å². The van der Waals surface area contributed by atoms with E-state index < -0.39 is 37.2 Å². The van der Waals surface area contributed by atoms with Crippen molar-refractivity contribution in [3.63, 3.8) is 0 Å². The first-order valence-corrected chi connectivity index (χ1v) is 14.8. The molecule has 0 aromatic heterocycles. The van der Waals surface area contributed by atoms with Crippen molar-refractivity contribution in [1.82, 2.24) is 0 Å². The minimum absolute atomic E-state index is 0.117. The Hall–Kier alpha value is -1.31. The lowest BCUT2D eigenvalue weighted by Gasteiger charge is -2.62. The summed E-state index contributed by atoms with van der Waals surface area (Å²) in [5.74, 6) is -2.11. The lowest BCUT2D eigenvalue weighted by molar-refractivity contribution is -0.169. The van der Waals surface area contributed by atoms with Crippen LogP contribution in [0, 0.1) is 46.3 Å². The maximum atomic E-state index is 13.2. The minimum atomic E-state index is -3.61. The summed E-state index contributed by atoms with van der Waals surface area (Å²) in [6.07, 6.45) is 8.73. The number of aliphatic hydroxyl groups is 1. The van der Waals surface area contributed by atoms with Gasteiger partial charge in [0, 0.05) is 13.3 Å². The van der Waals surface area contributed by atoms with Crippen molar-refractivity contribution < 1.29 is 37.3 Å². The summed E-state index contributed by atoms with van der Waals surface area (Å²) < 4.78 is 48.3. The maximum Gasteiger partial charge on any atom is 0.344 e. The zero-order valence-electron chi connectivity index (χ0n) is 23.5. The monoisotopic (exact) mass is 544 g/mol. The lowest BCUT2D eigenvalue weighted by atomic mass is 9.44. The number of esters is 2. The maximum absolute atomic E-state index is 13.2. The van der Waals surface area contributed by atoms with Crippen molar-refractivity contribution in [2.24, 2.45) is 46.3 Å². The molecular formula is C30H47F3O5. The second kappa shape index (κ2) is 11.3. The number of carbonyl (C=O) groups is 2. The molecule has 4 aliphatic rings. The van der Waals surface area contributed by atoms with Crippen molar-refractivity contribution in [2.45, 2.75) is 117 Å². The number of carbonyl (C=O) groups excluding carboxylic acids is 2. The van der Waals surface area contributed by atoms with Crippen LogP contribution in [0.15, 0.2) is 0 Å². The number of halogens is 3. The van der Waals surface area contributed by atoms with Gasteiger partial charge >= 0.3 is 11.9 Å². The van der Waals surface area contributed by atoms with E-state index >= 15 is 0 Å². The molecule has 8 heteroatoms. The summed E-state index contributed by atoms with van der Waals surface area (Å²) >= 11 is 0. The van der Waals surface area contributed by atoms with Gasteiger partial charge in [-0.05, 0) is 97.7 Å². The number of aliphatic hydroxyl groups excluding tert-OH is 1. The topological polar surface area (TPSA) is 72.8 Å². The van der Waals surface area contributed by atoms with Gasteiger partial charge in [-0.1, -0.05) is 33.6 Å². The molecule has 0 aromatic rings. The average Bonchev–Trinajstić information content (AvgIpc) is 3.23. The molecule has 1 unspecified atom stereocenters. The van der Waals surface area contributed by atoms with Crippen LogP contribution in [0.3, 0.4) is 0 Å². The fraction of sp³-hybridized carbons (Fsp3) is 0.933. The largest absolute Gasteiger partial charge is 0.460 e. The van der Waals surface area contributed by atoms with Crippen LogP contribution in [0.1, 0.15) is 98.3 Å². The molecule has 0 heterocycles. The summed E-state index contributed by atoms with van der Waals surface area (Å²) in [6.45, 7) is 5.54. The fourth-order valence-corrected chi connectivity index (χ4v) is 9.33. The second-order valence-electron chi connectivity index (χ2n) is 13.5. The van der Waals surface area contributed by atoms with E-state index in [9.17, 15) is 27.9 Å². The van der Waals surface area contributed by atoms with Crippen molar-refractivity contribution in [2.75, 3.05) is 13.2 Å². The molecule has 4 saturated carbocycles. The highest BCUT2D eigenvalue weighted by Crippen LogP contribution is 2.68. The van der Waals surface area contributed by atoms with Crippen LogP contribution >= 0.6 is 0 Å². The molecule has 218 valence electrons. The number of rotatable bonds is 9. The van der Waals surface area contributed by atoms with Crippen LogP contribution in [0.2, 0.25) is 0 Å². The quantitative estimate of drug-likeness (QED) is 0.336. The van der Waals surface area contributed by atoms with E-state index in [1.54, 1.807) is 0 Å². The third kappa shape index (κ3) is 5.62. The molecule has 0 aliphatic heterocycles. The van der Waals surface area contributed by atoms with Gasteiger partial charge < -0.3 is 14.6 Å². The number of hydrogen-bond acceptors (Lipinski definition) is 5. The van der Waals surface area contributed by atoms with E-state index in [2.05, 4.69) is 25.5 Å². The van der Waals surface area contributed by atoms with Crippen LogP contribution in [0.25, 0.3) is 0 Å². The van der Waals surface area contributed by atoms with Gasteiger partial charge in [-0.25, -0.2) is 18.0 Å². The van der Waals surface area contributed by atoms with Gasteiger partial charge in [-0.15, -0.1) is 0 Å². The predicted molar refractivity (Wildman–Crippen MR) is 137 cm³/mol. The highest BCUT2D eigenvalue weighted by Gasteiger charge is 2.63. The van der Waals surface area contributed by atoms with Gasteiger partial charge in [0.1, 0.15) is 6.61 Å². The molecule has 0 aromatic carbocycles. The highest BCUT2D eigenvalue weighted by atomic mass is 19.3. The molecule has 0 spiro atoms. The molecule has 38 heavy (non-hydrogen) atoms. The van der Waals surface area contributed by atoms with Gasteiger partial charge in [0.05, 0.1) is 6.10 Å². The Bertz CT molecular complexity index is 861. The SMILES string of the molecule is C[C@H](CCC(=O)OCC(=O)OCC(F)C(C)(F)F)[C@H]1CC[C@H]2[C@@H]3CC[C@@H]4CCCC[C@]4(C)[C@H]3C[C@H](O)[C@]12C. The van der Waals surface area contributed by atoms with E-state index in [1.807, 2.05) is 0 Å². The van der Waals surface area contributed by atoms with Gasteiger partial charge in [0.25, 0.3) is 5.92 Å². The van der Waals surface area contributed by atoms with Crippen molar-refractivity contribution >= 4 is 11.9 Å². The van der Waals surface area contributed by atoms with E-state index in [-0.39, 0.29) is 23.9 Å². The predicted octanol–water partition coefficient (Wildman–Crippen LogP) is 6.50. The molecule has 5 nitrogen and oxygen atoms in total. The Labute approximate surface area is 225 Å². The molecule has 4 rings (SSSR count). The van der Waals surface area contributed by atoms with Crippen LogP contribution in [0.4, 0.5) is 13.2 Å². The zero-order chi connectivity index (χ0) is 27.9. The number of hydrogen-bond donors (Lipinski definition) is 1. The first-order valence-electron chi connectivity index (χ1n) is 14.8. The van der Waals surface area contributed by atoms with Crippen molar-refractivity contribution in [3.05, 3.63) is 0 Å². The Morgan fingerprint density at radius 2 is 1.76 bits per heavy atom. The molecule has 0 radical (unpaired) electrons.